The summed E-state index contributed by atoms with van der Waals surface area (Å²) in [6.07, 6.45) is 4.53. The minimum absolute atomic E-state index is 0.0833. The molecule has 2 saturated heterocycles. The van der Waals surface area contributed by atoms with Crippen LogP contribution < -0.4 is 10.6 Å². The van der Waals surface area contributed by atoms with Crippen LogP contribution in [-0.4, -0.2) is 65.0 Å². The molecule has 0 spiro atoms. The zero-order valence-electron chi connectivity index (χ0n) is 17.3. The monoisotopic (exact) mass is 426 g/mol. The van der Waals surface area contributed by atoms with Crippen LogP contribution >= 0.6 is 0 Å². The first-order valence-corrected chi connectivity index (χ1v) is 10.8. The Labute approximate surface area is 180 Å². The Morgan fingerprint density at radius 1 is 1.06 bits per heavy atom. The maximum atomic E-state index is 13.0. The normalized spacial score (nSPS) is 21.2. The Morgan fingerprint density at radius 2 is 1.84 bits per heavy atom. The highest BCUT2D eigenvalue weighted by Gasteiger charge is 2.45. The molecular weight excluding hydrogens is 400 g/mol. The van der Waals surface area contributed by atoms with Gasteiger partial charge in [-0.15, -0.1) is 0 Å². The largest absolute Gasteiger partial charge is 0.384 e. The molecule has 164 valence electrons. The quantitative estimate of drug-likeness (QED) is 0.523. The summed E-state index contributed by atoms with van der Waals surface area (Å²) in [6.45, 7) is 2.13. The van der Waals surface area contributed by atoms with Crippen LogP contribution in [0.1, 0.15) is 65.7 Å². The van der Waals surface area contributed by atoms with E-state index in [0.717, 1.165) is 30.8 Å². The second kappa shape index (κ2) is 8.87. The van der Waals surface area contributed by atoms with E-state index in [1.165, 1.54) is 6.42 Å². The fourth-order valence-electron chi connectivity index (χ4n) is 4.43. The van der Waals surface area contributed by atoms with Crippen LogP contribution in [-0.2, 0) is 14.4 Å². The number of rotatable bonds is 6. The van der Waals surface area contributed by atoms with Gasteiger partial charge in [-0.1, -0.05) is 6.07 Å². The second-order valence-corrected chi connectivity index (χ2v) is 8.15. The van der Waals surface area contributed by atoms with Crippen molar-refractivity contribution >= 4 is 35.2 Å². The number of hydrogen-bond donors (Lipinski definition) is 2. The molecule has 0 aliphatic carbocycles. The second-order valence-electron chi connectivity index (χ2n) is 8.15. The van der Waals surface area contributed by atoms with E-state index in [0.29, 0.717) is 25.1 Å². The van der Waals surface area contributed by atoms with Crippen molar-refractivity contribution in [3.63, 3.8) is 0 Å². The lowest BCUT2D eigenvalue weighted by atomic mass is 10.0. The standard InChI is InChI=1S/C22H26N4O5/c27-17-10-9-16(20(29)24-17)26-21(30)14-6-4-7-15(19(14)22(26)31)23-11-5-8-18(28)25-12-2-1-3-13-25/h4,6-7,16,23H,1-3,5,8-13H2,(H,24,27,29). The minimum Gasteiger partial charge on any atom is -0.384 e. The molecule has 5 amide bonds. The summed E-state index contributed by atoms with van der Waals surface area (Å²) < 4.78 is 0. The lowest BCUT2D eigenvalue weighted by Crippen LogP contribution is -2.54. The molecule has 0 radical (unpaired) electrons. The molecule has 0 bridgehead atoms. The molecule has 2 fully saturated rings. The van der Waals surface area contributed by atoms with Crippen LogP contribution in [0.15, 0.2) is 18.2 Å². The average Bonchev–Trinajstić information content (AvgIpc) is 3.03. The Kier molecular flexibility index (Phi) is 6.01. The van der Waals surface area contributed by atoms with Crippen molar-refractivity contribution in [2.75, 3.05) is 25.0 Å². The van der Waals surface area contributed by atoms with Crippen molar-refractivity contribution in [1.29, 1.82) is 0 Å². The van der Waals surface area contributed by atoms with Gasteiger partial charge in [0.15, 0.2) is 0 Å². The molecule has 9 heteroatoms. The number of piperidine rings is 2. The molecule has 1 aromatic carbocycles. The SMILES string of the molecule is O=C1CCC(N2C(=O)c3cccc(NCCCC(=O)N4CCCCC4)c3C2=O)C(=O)N1. The number of benzene rings is 1. The first-order chi connectivity index (χ1) is 15.0. The smallest absolute Gasteiger partial charge is 0.264 e. The Hall–Kier alpha value is -3.23. The number of likely N-dealkylation sites (tertiary alicyclic amines) is 1. The highest BCUT2D eigenvalue weighted by Crippen LogP contribution is 2.32. The summed E-state index contributed by atoms with van der Waals surface area (Å²) >= 11 is 0. The van der Waals surface area contributed by atoms with Gasteiger partial charge in [0.2, 0.25) is 17.7 Å². The van der Waals surface area contributed by atoms with E-state index in [4.69, 9.17) is 0 Å². The third-order valence-electron chi connectivity index (χ3n) is 6.06. The van der Waals surface area contributed by atoms with Gasteiger partial charge in [-0.2, -0.15) is 0 Å². The summed E-state index contributed by atoms with van der Waals surface area (Å²) in [5.41, 5.74) is 0.986. The van der Waals surface area contributed by atoms with Gasteiger partial charge in [0.25, 0.3) is 11.8 Å². The topological polar surface area (TPSA) is 116 Å². The van der Waals surface area contributed by atoms with Crippen LogP contribution in [0.2, 0.25) is 0 Å². The predicted molar refractivity (Wildman–Crippen MR) is 111 cm³/mol. The Bertz CT molecular complexity index is 938. The fraction of sp³-hybridized carbons (Fsp3) is 0.500. The number of carbonyl (C=O) groups is 5. The van der Waals surface area contributed by atoms with Gasteiger partial charge >= 0.3 is 0 Å². The summed E-state index contributed by atoms with van der Waals surface area (Å²) in [6, 6.07) is 3.97. The van der Waals surface area contributed by atoms with E-state index in [2.05, 4.69) is 10.6 Å². The number of carbonyl (C=O) groups excluding carboxylic acids is 5. The lowest BCUT2D eigenvalue weighted by molar-refractivity contribution is -0.136. The number of anilines is 1. The molecule has 0 saturated carbocycles. The third-order valence-corrected chi connectivity index (χ3v) is 6.06. The van der Waals surface area contributed by atoms with E-state index in [-0.39, 0.29) is 29.9 Å². The number of nitrogens with one attached hydrogen (secondary N) is 2. The summed E-state index contributed by atoms with van der Waals surface area (Å²) in [5.74, 6) is -1.95. The number of imide groups is 2. The van der Waals surface area contributed by atoms with Gasteiger partial charge in [-0.25, -0.2) is 0 Å². The summed E-state index contributed by atoms with van der Waals surface area (Å²) in [7, 11) is 0. The van der Waals surface area contributed by atoms with Crippen LogP contribution in [0.25, 0.3) is 0 Å². The van der Waals surface area contributed by atoms with E-state index >= 15 is 0 Å². The van der Waals surface area contributed by atoms with Crippen molar-refractivity contribution in [3.8, 4) is 0 Å². The van der Waals surface area contributed by atoms with Crippen molar-refractivity contribution in [3.05, 3.63) is 29.3 Å². The number of hydrogen-bond acceptors (Lipinski definition) is 6. The third kappa shape index (κ3) is 4.17. The van der Waals surface area contributed by atoms with Gasteiger partial charge < -0.3 is 10.2 Å². The molecule has 0 aromatic heterocycles. The van der Waals surface area contributed by atoms with E-state index in [9.17, 15) is 24.0 Å². The first kappa shape index (κ1) is 21.0. The molecule has 3 aliphatic heterocycles. The van der Waals surface area contributed by atoms with E-state index in [1.807, 2.05) is 4.90 Å². The lowest BCUT2D eigenvalue weighted by Gasteiger charge is -2.27. The minimum atomic E-state index is -0.986. The van der Waals surface area contributed by atoms with Gasteiger partial charge in [0.05, 0.1) is 11.1 Å². The Balaban J connectivity index is 1.39. The van der Waals surface area contributed by atoms with Crippen molar-refractivity contribution < 1.29 is 24.0 Å². The van der Waals surface area contributed by atoms with Gasteiger partial charge in [0.1, 0.15) is 6.04 Å². The number of nitrogens with zero attached hydrogens (tertiary/aromatic N) is 2. The van der Waals surface area contributed by atoms with E-state index in [1.54, 1.807) is 18.2 Å². The van der Waals surface area contributed by atoms with Crippen molar-refractivity contribution in [1.82, 2.24) is 15.1 Å². The molecular formula is C22H26N4O5. The highest BCUT2D eigenvalue weighted by atomic mass is 16.2. The zero-order chi connectivity index (χ0) is 22.0. The average molecular weight is 426 g/mol. The maximum absolute atomic E-state index is 13.0. The molecule has 3 aliphatic rings. The maximum Gasteiger partial charge on any atom is 0.264 e. The fourth-order valence-corrected chi connectivity index (χ4v) is 4.43. The van der Waals surface area contributed by atoms with E-state index < -0.39 is 29.7 Å². The summed E-state index contributed by atoms with van der Waals surface area (Å²) in [4.78, 5) is 64.6. The molecule has 2 N–H and O–H groups in total. The van der Waals surface area contributed by atoms with Crippen LogP contribution in [0.5, 0.6) is 0 Å². The molecule has 31 heavy (non-hydrogen) atoms. The van der Waals surface area contributed by atoms with Crippen LogP contribution in [0.4, 0.5) is 5.69 Å². The Morgan fingerprint density at radius 3 is 2.58 bits per heavy atom. The van der Waals surface area contributed by atoms with Crippen LogP contribution in [0, 0.1) is 0 Å². The highest BCUT2D eigenvalue weighted by molar-refractivity contribution is 6.25. The molecule has 4 rings (SSSR count). The molecule has 9 nitrogen and oxygen atoms in total. The predicted octanol–water partition coefficient (Wildman–Crippen LogP) is 1.29. The molecule has 1 unspecified atom stereocenters. The first-order valence-electron chi connectivity index (χ1n) is 10.8. The van der Waals surface area contributed by atoms with Gasteiger partial charge in [0, 0.05) is 38.2 Å². The zero-order valence-corrected chi connectivity index (χ0v) is 17.3. The van der Waals surface area contributed by atoms with Crippen LogP contribution in [0.3, 0.4) is 0 Å². The number of fused-ring (bicyclic) bond motifs is 1. The molecule has 1 aromatic rings. The van der Waals surface area contributed by atoms with Gasteiger partial charge in [-0.05, 0) is 44.2 Å². The molecule has 3 heterocycles. The van der Waals surface area contributed by atoms with Crippen molar-refractivity contribution in [2.24, 2.45) is 0 Å². The van der Waals surface area contributed by atoms with Crippen molar-refractivity contribution in [2.45, 2.75) is 51.0 Å². The summed E-state index contributed by atoms with van der Waals surface area (Å²) in [5, 5.41) is 5.36. The number of amides is 5. The van der Waals surface area contributed by atoms with Gasteiger partial charge in [-0.3, -0.25) is 34.2 Å². The molecule has 1 atom stereocenters.